The number of hydrogen-bond acceptors (Lipinski definition) is 10. The number of methoxy groups -OCH3 is 1. The van der Waals surface area contributed by atoms with Crippen LogP contribution < -0.4 is 26.2 Å². The average Bonchev–Trinajstić information content (AvgIpc) is 3.30. The molecule has 64 heavy (non-hydrogen) atoms. The third-order valence-electron chi connectivity index (χ3n) is 10.2. The summed E-state index contributed by atoms with van der Waals surface area (Å²) < 4.78 is 19.8. The van der Waals surface area contributed by atoms with Gasteiger partial charge in [0.1, 0.15) is 23.5 Å². The first-order valence-corrected chi connectivity index (χ1v) is 21.6. The van der Waals surface area contributed by atoms with Crippen molar-refractivity contribution in [2.75, 3.05) is 53.4 Å². The summed E-state index contributed by atoms with van der Waals surface area (Å²) in [5.41, 5.74) is 4.15. The normalized spacial score (nSPS) is 11.0. The minimum absolute atomic E-state index is 0.0238. The van der Waals surface area contributed by atoms with E-state index in [9.17, 15) is 19.2 Å². The fourth-order valence-corrected chi connectivity index (χ4v) is 7.17. The third kappa shape index (κ3) is 13.7. The highest BCUT2D eigenvalue weighted by molar-refractivity contribution is 6.30. The van der Waals surface area contributed by atoms with Gasteiger partial charge >= 0.3 is 0 Å². The number of ether oxygens (including phenoxy) is 3. The highest BCUT2D eigenvalue weighted by Gasteiger charge is 2.19. The van der Waals surface area contributed by atoms with Crippen molar-refractivity contribution in [3.8, 4) is 5.75 Å². The van der Waals surface area contributed by atoms with Crippen LogP contribution in [-0.2, 0) is 49.0 Å². The maximum absolute atomic E-state index is 13.2. The van der Waals surface area contributed by atoms with Crippen LogP contribution in [0.15, 0.2) is 101 Å². The average molecular weight is 918 g/mol. The summed E-state index contributed by atoms with van der Waals surface area (Å²) in [7, 11) is 3.35. The molecule has 0 unspecified atom stereocenters. The Kier molecular flexibility index (Phi) is 19.3. The van der Waals surface area contributed by atoms with Gasteiger partial charge in [-0.25, -0.2) is 0 Å². The lowest BCUT2D eigenvalue weighted by molar-refractivity contribution is 0.0669. The van der Waals surface area contributed by atoms with E-state index in [-0.39, 0.29) is 56.1 Å². The van der Waals surface area contributed by atoms with Crippen molar-refractivity contribution in [3.05, 3.63) is 155 Å². The zero-order chi connectivity index (χ0) is 46.0. The van der Waals surface area contributed by atoms with E-state index >= 15 is 0 Å². The molecule has 6 aromatic rings. The quantitative estimate of drug-likeness (QED) is 0.0570. The molecule has 2 aromatic heterocycles. The van der Waals surface area contributed by atoms with Crippen LogP contribution in [0.2, 0.25) is 10.0 Å². The van der Waals surface area contributed by atoms with Crippen LogP contribution in [0, 0.1) is 0 Å². The fourth-order valence-electron chi connectivity index (χ4n) is 6.92. The molecule has 340 valence electrons. The molecule has 0 saturated carbocycles. The van der Waals surface area contributed by atoms with Crippen molar-refractivity contribution in [1.82, 2.24) is 19.8 Å². The number of fused-ring (bicyclic) bond motifs is 2. The van der Waals surface area contributed by atoms with Crippen molar-refractivity contribution in [3.63, 3.8) is 0 Å². The first-order chi connectivity index (χ1) is 31.0. The van der Waals surface area contributed by atoms with Crippen LogP contribution in [0.1, 0.15) is 55.8 Å². The Bertz CT molecular complexity index is 2620. The maximum Gasteiger partial charge on any atom is 0.257 e. The number of amides is 2. The summed E-state index contributed by atoms with van der Waals surface area (Å²) in [4.78, 5) is 52.1. The molecular weight excluding hydrogens is 863 g/mol. The lowest BCUT2D eigenvalue weighted by Gasteiger charge is -2.15. The van der Waals surface area contributed by atoms with E-state index in [2.05, 4.69) is 10.6 Å². The number of rotatable bonds is 21. The molecule has 0 aliphatic rings. The molecular formula is C48H54Cl2N4O10. The molecule has 0 spiro atoms. The number of aliphatic hydroxyl groups excluding tert-OH is 3. The van der Waals surface area contributed by atoms with E-state index in [1.807, 2.05) is 34.9 Å². The van der Waals surface area contributed by atoms with E-state index in [4.69, 9.17) is 52.7 Å². The summed E-state index contributed by atoms with van der Waals surface area (Å²) in [6.07, 6.45) is 5.42. The molecule has 0 aliphatic heterocycles. The molecule has 14 nitrogen and oxygen atoms in total. The predicted octanol–water partition coefficient (Wildman–Crippen LogP) is 5.59. The molecule has 0 fully saturated rings. The van der Waals surface area contributed by atoms with Gasteiger partial charge in [0.25, 0.3) is 11.8 Å². The van der Waals surface area contributed by atoms with Gasteiger partial charge in [-0.3, -0.25) is 19.2 Å². The van der Waals surface area contributed by atoms with Gasteiger partial charge in [0.05, 0.1) is 42.8 Å². The summed E-state index contributed by atoms with van der Waals surface area (Å²) in [6.45, 7) is 2.42. The molecule has 0 bridgehead atoms. The van der Waals surface area contributed by atoms with Gasteiger partial charge in [0.2, 0.25) is 10.9 Å². The van der Waals surface area contributed by atoms with E-state index in [1.54, 1.807) is 73.5 Å². The number of pyridine rings is 2. The topological polar surface area (TPSA) is 191 Å². The number of nitrogens with zero attached hydrogens (tertiary/aromatic N) is 2. The number of halogens is 2. The van der Waals surface area contributed by atoms with E-state index in [1.165, 1.54) is 6.20 Å². The van der Waals surface area contributed by atoms with E-state index < -0.39 is 17.2 Å². The van der Waals surface area contributed by atoms with Crippen LogP contribution in [0.25, 0.3) is 21.8 Å². The van der Waals surface area contributed by atoms with Crippen LogP contribution >= 0.6 is 23.2 Å². The molecule has 4 aromatic carbocycles. The number of hydrogen-bond donors (Lipinski definition) is 5. The van der Waals surface area contributed by atoms with Crippen molar-refractivity contribution >= 4 is 56.8 Å². The predicted molar refractivity (Wildman–Crippen MR) is 249 cm³/mol. The lowest BCUT2D eigenvalue weighted by Crippen LogP contribution is -2.30. The highest BCUT2D eigenvalue weighted by Crippen LogP contribution is 2.27. The van der Waals surface area contributed by atoms with Gasteiger partial charge in [-0.15, -0.1) is 0 Å². The van der Waals surface area contributed by atoms with E-state index in [0.29, 0.717) is 84.1 Å². The number of nitrogens with one attached hydrogen (secondary N) is 2. The minimum Gasteiger partial charge on any atom is -0.489 e. The Balaban J connectivity index is 0.000000241. The minimum atomic E-state index is -0.476. The van der Waals surface area contributed by atoms with Gasteiger partial charge in [0, 0.05) is 74.8 Å². The number of carbonyl (C=O) groups excluding carboxylic acids is 2. The van der Waals surface area contributed by atoms with Crippen LogP contribution in [0.5, 0.6) is 5.75 Å². The van der Waals surface area contributed by atoms with Gasteiger partial charge < -0.3 is 49.3 Å². The smallest absolute Gasteiger partial charge is 0.257 e. The van der Waals surface area contributed by atoms with Gasteiger partial charge in [-0.2, -0.15) is 0 Å². The van der Waals surface area contributed by atoms with Crippen LogP contribution in [-0.4, -0.2) is 89.6 Å². The van der Waals surface area contributed by atoms with Crippen molar-refractivity contribution in [2.24, 2.45) is 7.05 Å². The summed E-state index contributed by atoms with van der Waals surface area (Å²) in [5, 5.41) is 35.1. The largest absolute Gasteiger partial charge is 0.489 e. The molecule has 6 rings (SSSR count). The number of carbonyl (C=O) groups is 2. The fraction of sp³-hybridized carbons (Fsp3) is 0.333. The van der Waals surface area contributed by atoms with Gasteiger partial charge in [0.15, 0.2) is 0 Å². The molecule has 0 aliphatic carbocycles. The van der Waals surface area contributed by atoms with Crippen molar-refractivity contribution in [2.45, 2.75) is 45.3 Å². The van der Waals surface area contributed by atoms with Crippen molar-refractivity contribution in [1.29, 1.82) is 0 Å². The summed E-state index contributed by atoms with van der Waals surface area (Å²) >= 11 is 11.8. The zero-order valence-electron chi connectivity index (χ0n) is 35.9. The Hall–Kier alpha value is -5.58. The second kappa shape index (κ2) is 25.1. The summed E-state index contributed by atoms with van der Waals surface area (Å²) in [6, 6.07) is 23.4. The molecule has 5 N–H and O–H groups in total. The Morgan fingerprint density at radius 1 is 0.641 bits per heavy atom. The second-order valence-corrected chi connectivity index (χ2v) is 15.7. The number of aliphatic hydroxyl groups is 3. The molecule has 2 amide bonds. The lowest BCUT2D eigenvalue weighted by atomic mass is 10.0. The van der Waals surface area contributed by atoms with Crippen molar-refractivity contribution < 1.29 is 39.1 Å². The first-order valence-electron chi connectivity index (χ1n) is 20.9. The number of aromatic nitrogens is 2. The first kappa shape index (κ1) is 49.4. The maximum atomic E-state index is 13.2. The van der Waals surface area contributed by atoms with Gasteiger partial charge in [-0.1, -0.05) is 53.5 Å². The Labute approximate surface area is 380 Å². The zero-order valence-corrected chi connectivity index (χ0v) is 37.4. The molecule has 0 radical (unpaired) electrons. The molecule has 16 heteroatoms. The third-order valence-corrected chi connectivity index (χ3v) is 10.7. The SMILES string of the molecule is COCCOCCn1cc(C(=O)NCc2ccc(Cl)cc2)c(=O)c2cc(CCCO)ccc21.Cn1cc(C(=O)NCc2ccc(Cl)cc2)c(=O)c2cc(CCCO)cc(OCCO)c21. The highest BCUT2D eigenvalue weighted by atomic mass is 35.5. The van der Waals surface area contributed by atoms with Crippen LogP contribution in [0.4, 0.5) is 0 Å². The summed E-state index contributed by atoms with van der Waals surface area (Å²) in [5.74, 6) is -0.463. The second-order valence-electron chi connectivity index (χ2n) is 14.8. The molecule has 2 heterocycles. The van der Waals surface area contributed by atoms with Crippen LogP contribution in [0.3, 0.4) is 0 Å². The molecule has 0 atom stereocenters. The standard InChI is InChI=1S/C25H29ClN2O5.C23H25ClN2O5/c1-32-13-14-33-12-10-28-17-22(25(31)27-16-19-4-7-20(26)8-5-19)24(30)21-15-18(3-2-11-29)6-9-23(21)28;1-26-14-19(23(30)25-13-15-4-6-17(24)7-5-15)22(29)18-11-16(3-2-8-27)12-20(21(18)26)31-10-9-28/h4-9,15,17,29H,2-3,10-14,16H2,1H3,(H,27,31);4-7,11-12,14,27-28H,2-3,8-10,13H2,1H3,(H,25,30). The Morgan fingerprint density at radius 3 is 1.77 bits per heavy atom. The van der Waals surface area contributed by atoms with Gasteiger partial charge in [-0.05, 0) is 96.5 Å². The van der Waals surface area contributed by atoms with E-state index in [0.717, 1.165) is 27.8 Å². The monoisotopic (exact) mass is 916 g/mol. The Morgan fingerprint density at radius 2 is 1.19 bits per heavy atom. The number of benzene rings is 4. The molecule has 0 saturated heterocycles. The number of aryl methyl sites for hydroxylation is 3.